The number of hydrogen-bond acceptors (Lipinski definition) is 4. The van der Waals surface area contributed by atoms with Gasteiger partial charge in [0.05, 0.1) is 5.41 Å². The first-order chi connectivity index (χ1) is 41.2. The maximum absolute atomic E-state index is 13.0. The third-order valence-corrected chi connectivity index (χ3v) is 16.3. The van der Waals surface area contributed by atoms with Crippen molar-refractivity contribution >= 4 is 0 Å². The lowest BCUT2D eigenvalue weighted by Crippen LogP contribution is -2.32. The lowest BCUT2D eigenvalue weighted by atomic mass is 9.61. The number of phenolic OH excluding ortho intramolecular Hbond substituents is 4. The fourth-order valence-corrected chi connectivity index (χ4v) is 12.2. The minimum Gasteiger partial charge on any atom is -0.507 e. The summed E-state index contributed by atoms with van der Waals surface area (Å²) < 4.78 is 0. The number of benzene rings is 13. The van der Waals surface area contributed by atoms with Gasteiger partial charge in [-0.1, -0.05) is 266 Å². The van der Waals surface area contributed by atoms with Crippen molar-refractivity contribution in [2.45, 2.75) is 12.3 Å². The summed E-state index contributed by atoms with van der Waals surface area (Å²) in [5, 5.41) is 51.7. The van der Waals surface area contributed by atoms with Gasteiger partial charge >= 0.3 is 0 Å². The Kier molecular flexibility index (Phi) is 14.1. The molecule has 0 saturated heterocycles. The molecule has 0 aliphatic carbocycles. The summed E-state index contributed by atoms with van der Waals surface area (Å²) in [6.45, 7) is 2.11. The quantitative estimate of drug-likeness (QED) is 0.0868. The lowest BCUT2D eigenvalue weighted by Gasteiger charge is -2.40. The summed E-state index contributed by atoms with van der Waals surface area (Å²) >= 11 is 0. The van der Waals surface area contributed by atoms with Crippen LogP contribution in [0.15, 0.2) is 309 Å². The Balaban J connectivity index is 1.30. The fraction of sp³-hybridized carbons (Fsp3) is 0.0250. The molecule has 13 aromatic carbocycles. The van der Waals surface area contributed by atoms with Gasteiger partial charge in [0.1, 0.15) is 23.0 Å². The predicted molar refractivity (Wildman–Crippen MR) is 345 cm³/mol. The molecular formula is C80H58O4. The summed E-state index contributed by atoms with van der Waals surface area (Å²) in [4.78, 5) is 0. The zero-order valence-electron chi connectivity index (χ0n) is 46.2. The molecule has 0 bridgehead atoms. The molecule has 0 saturated carbocycles. The van der Waals surface area contributed by atoms with Crippen molar-refractivity contribution in [3.8, 4) is 123 Å². The molecule has 4 N–H and O–H groups in total. The van der Waals surface area contributed by atoms with Crippen molar-refractivity contribution in [2.75, 3.05) is 0 Å². The summed E-state index contributed by atoms with van der Waals surface area (Å²) in [7, 11) is 0. The second kappa shape index (κ2) is 22.5. The molecule has 0 aromatic heterocycles. The maximum Gasteiger partial charge on any atom is 0.131 e. The number of hydrogen-bond donors (Lipinski definition) is 4. The van der Waals surface area contributed by atoms with E-state index in [0.29, 0.717) is 44.5 Å². The molecular weight excluding hydrogens is 1020 g/mol. The molecule has 4 nitrogen and oxygen atoms in total. The molecule has 0 aliphatic rings. The van der Waals surface area contributed by atoms with E-state index in [9.17, 15) is 20.4 Å². The minimum absolute atomic E-state index is 0.119. The average Bonchev–Trinajstić information content (AvgIpc) is 1.82. The highest BCUT2D eigenvalue weighted by atomic mass is 16.3. The van der Waals surface area contributed by atoms with Crippen molar-refractivity contribution in [2.24, 2.45) is 0 Å². The summed E-state index contributed by atoms with van der Waals surface area (Å²) in [6, 6.07) is 104. The lowest BCUT2D eigenvalue weighted by molar-refractivity contribution is 0.478. The Morgan fingerprint density at radius 1 is 0.202 bits per heavy atom. The smallest absolute Gasteiger partial charge is 0.131 e. The molecule has 0 fully saturated rings. The molecule has 0 atom stereocenters. The Labute approximate surface area is 490 Å². The molecule has 0 amide bonds. The van der Waals surface area contributed by atoms with Gasteiger partial charge in [0.25, 0.3) is 0 Å². The van der Waals surface area contributed by atoms with Crippen LogP contribution in [0.25, 0.3) is 100 Å². The van der Waals surface area contributed by atoms with E-state index in [4.69, 9.17) is 0 Å². The van der Waals surface area contributed by atoms with Gasteiger partial charge in [-0.15, -0.1) is 0 Å². The molecule has 0 spiro atoms. The molecule has 13 aromatic rings. The third kappa shape index (κ3) is 9.66. The van der Waals surface area contributed by atoms with Crippen LogP contribution in [0.3, 0.4) is 0 Å². The van der Waals surface area contributed by atoms with Gasteiger partial charge < -0.3 is 20.4 Å². The Bertz CT molecular complexity index is 3910. The zero-order chi connectivity index (χ0) is 57.2. The van der Waals surface area contributed by atoms with Crippen molar-refractivity contribution < 1.29 is 20.4 Å². The largest absolute Gasteiger partial charge is 0.507 e. The second-order valence-corrected chi connectivity index (χ2v) is 21.4. The first-order valence-electron chi connectivity index (χ1n) is 28.3. The van der Waals surface area contributed by atoms with Gasteiger partial charge in [-0.05, 0) is 133 Å². The first-order valence-corrected chi connectivity index (χ1v) is 28.3. The molecule has 0 aliphatic heterocycles. The van der Waals surface area contributed by atoms with Crippen molar-refractivity contribution in [1.29, 1.82) is 0 Å². The summed E-state index contributed by atoms with van der Waals surface area (Å²) in [6.07, 6.45) is 0. The van der Waals surface area contributed by atoms with E-state index >= 15 is 0 Å². The average molecular weight is 1080 g/mol. The summed E-state index contributed by atoms with van der Waals surface area (Å²) in [5.41, 5.74) is 16.1. The summed E-state index contributed by atoms with van der Waals surface area (Å²) in [5.74, 6) is 0.518. The topological polar surface area (TPSA) is 80.9 Å². The number of aryl methyl sites for hydroxylation is 1. The van der Waals surface area contributed by atoms with Crippen LogP contribution in [0.5, 0.6) is 23.0 Å². The fourth-order valence-electron chi connectivity index (χ4n) is 12.2. The van der Waals surface area contributed by atoms with Gasteiger partial charge in [0.15, 0.2) is 0 Å². The van der Waals surface area contributed by atoms with Crippen LogP contribution in [-0.2, 0) is 5.41 Å². The second-order valence-electron chi connectivity index (χ2n) is 21.4. The van der Waals surface area contributed by atoms with Crippen LogP contribution in [0.4, 0.5) is 0 Å². The maximum atomic E-state index is 13.0. The van der Waals surface area contributed by atoms with E-state index in [2.05, 4.69) is 73.7 Å². The normalized spacial score (nSPS) is 11.3. The van der Waals surface area contributed by atoms with Crippen molar-refractivity contribution in [3.63, 3.8) is 0 Å². The molecule has 402 valence electrons. The molecule has 0 unspecified atom stereocenters. The van der Waals surface area contributed by atoms with E-state index in [1.807, 2.05) is 243 Å². The molecule has 4 heteroatoms. The molecule has 0 heterocycles. The molecule has 0 radical (unpaired) electrons. The molecule has 84 heavy (non-hydrogen) atoms. The Morgan fingerprint density at radius 3 is 0.619 bits per heavy atom. The Hall–Kier alpha value is -10.9. The van der Waals surface area contributed by atoms with Crippen LogP contribution in [0.1, 0.15) is 27.8 Å². The number of phenols is 4. The predicted octanol–water partition coefficient (Wildman–Crippen LogP) is 20.2. The van der Waals surface area contributed by atoms with Crippen LogP contribution in [0, 0.1) is 6.92 Å². The van der Waals surface area contributed by atoms with Crippen molar-refractivity contribution in [3.05, 3.63) is 337 Å². The van der Waals surface area contributed by atoms with Crippen LogP contribution in [0.2, 0.25) is 0 Å². The highest BCUT2D eigenvalue weighted by molar-refractivity contribution is 5.93. The van der Waals surface area contributed by atoms with E-state index in [1.165, 1.54) is 0 Å². The zero-order valence-corrected chi connectivity index (χ0v) is 46.2. The van der Waals surface area contributed by atoms with Gasteiger partial charge in [0.2, 0.25) is 0 Å². The van der Waals surface area contributed by atoms with E-state index in [-0.39, 0.29) is 23.0 Å². The SMILES string of the molecule is Cc1ccc(C(c2cc(-c3ccccc3)c(O)c(-c3ccccc3)c2)(c2cc(-c3ccccc3)c(O)c(-c3ccccc3)c2)c2cc(-c3ccccc3)c(O)c(-c3ccccc3)c2)c(-c2cc(-c3ccccc3)c(O)c(-c3ccccc3)c2)c1. The van der Waals surface area contributed by atoms with Gasteiger partial charge in [-0.25, -0.2) is 0 Å². The standard InChI is InChI=1S/C80H58O4/c1-53-42-43-75(66(44-53)62-45-67(54-26-10-2-11-27-54)76(81)68(46-62)55-28-12-3-13-29-55)80(63-47-69(56-30-14-4-15-31-56)77(82)70(48-63)57-32-16-5-17-33-57,64-49-71(58-34-18-6-19-35-58)78(83)72(50-64)59-36-20-7-21-37-59)65-51-73(60-38-22-8-23-39-60)79(84)74(52-65)61-40-24-9-25-41-61/h2-52,81-84H,1H3. The number of aromatic hydroxyl groups is 4. The highest BCUT2D eigenvalue weighted by Crippen LogP contribution is 2.57. The first kappa shape index (κ1) is 52.4. The Morgan fingerprint density at radius 2 is 0.405 bits per heavy atom. The minimum atomic E-state index is -1.44. The highest BCUT2D eigenvalue weighted by Gasteiger charge is 2.44. The van der Waals surface area contributed by atoms with Gasteiger partial charge in [-0.3, -0.25) is 0 Å². The van der Waals surface area contributed by atoms with Crippen LogP contribution >= 0.6 is 0 Å². The third-order valence-electron chi connectivity index (χ3n) is 16.3. The molecule has 13 rings (SSSR count). The number of rotatable bonds is 13. The van der Waals surface area contributed by atoms with Crippen LogP contribution < -0.4 is 0 Å². The van der Waals surface area contributed by atoms with E-state index in [0.717, 1.165) is 83.5 Å². The van der Waals surface area contributed by atoms with E-state index in [1.54, 1.807) is 0 Å². The van der Waals surface area contributed by atoms with E-state index < -0.39 is 5.41 Å². The van der Waals surface area contributed by atoms with Crippen molar-refractivity contribution in [1.82, 2.24) is 0 Å². The van der Waals surface area contributed by atoms with Gasteiger partial charge in [0, 0.05) is 44.5 Å². The monoisotopic (exact) mass is 1080 g/mol. The van der Waals surface area contributed by atoms with Gasteiger partial charge in [-0.2, -0.15) is 0 Å². The van der Waals surface area contributed by atoms with Crippen LogP contribution in [-0.4, -0.2) is 20.4 Å².